The Hall–Kier alpha value is -3.41. The second-order valence-electron chi connectivity index (χ2n) is 6.29. The number of carbonyl (C=O) groups is 1. The maximum absolute atomic E-state index is 13.1. The normalized spacial score (nSPS) is 11.0. The SMILES string of the molecule is O=C(NCCc1ccco1)c1ccc2cnn(Cc3ccc(F)cc3)c2c1. The van der Waals surface area contributed by atoms with Crippen LogP contribution in [-0.2, 0) is 13.0 Å². The molecule has 0 unspecified atom stereocenters. The van der Waals surface area contributed by atoms with Crippen molar-refractivity contribution >= 4 is 16.8 Å². The first-order valence-corrected chi connectivity index (χ1v) is 8.70. The van der Waals surface area contributed by atoms with Crippen LogP contribution in [0.25, 0.3) is 10.9 Å². The van der Waals surface area contributed by atoms with Gasteiger partial charge in [0.05, 0.1) is 24.5 Å². The van der Waals surface area contributed by atoms with Crippen molar-refractivity contribution in [1.29, 1.82) is 0 Å². The van der Waals surface area contributed by atoms with Crippen molar-refractivity contribution in [3.63, 3.8) is 0 Å². The summed E-state index contributed by atoms with van der Waals surface area (Å²) in [6, 6.07) is 15.5. The van der Waals surface area contributed by atoms with E-state index in [4.69, 9.17) is 4.42 Å². The summed E-state index contributed by atoms with van der Waals surface area (Å²) in [5, 5.41) is 8.24. The van der Waals surface area contributed by atoms with Gasteiger partial charge in [0.1, 0.15) is 11.6 Å². The highest BCUT2D eigenvalue weighted by atomic mass is 19.1. The first-order chi connectivity index (χ1) is 13.2. The third kappa shape index (κ3) is 3.89. The summed E-state index contributed by atoms with van der Waals surface area (Å²) in [7, 11) is 0. The lowest BCUT2D eigenvalue weighted by Gasteiger charge is -2.07. The zero-order chi connectivity index (χ0) is 18.6. The number of aromatic nitrogens is 2. The first-order valence-electron chi connectivity index (χ1n) is 8.70. The van der Waals surface area contributed by atoms with E-state index in [-0.39, 0.29) is 11.7 Å². The third-order valence-electron chi connectivity index (χ3n) is 4.39. The fourth-order valence-corrected chi connectivity index (χ4v) is 2.96. The van der Waals surface area contributed by atoms with Gasteiger partial charge in [0.2, 0.25) is 0 Å². The van der Waals surface area contributed by atoms with E-state index in [0.29, 0.717) is 25.1 Å². The fraction of sp³-hybridized carbons (Fsp3) is 0.143. The Kier molecular flexibility index (Phi) is 4.70. The van der Waals surface area contributed by atoms with Crippen molar-refractivity contribution in [2.45, 2.75) is 13.0 Å². The predicted molar refractivity (Wildman–Crippen MR) is 100.0 cm³/mol. The molecule has 0 atom stereocenters. The Morgan fingerprint density at radius 3 is 2.78 bits per heavy atom. The van der Waals surface area contributed by atoms with E-state index in [9.17, 15) is 9.18 Å². The number of benzene rings is 2. The topological polar surface area (TPSA) is 60.1 Å². The summed E-state index contributed by atoms with van der Waals surface area (Å²) in [4.78, 5) is 12.4. The lowest BCUT2D eigenvalue weighted by molar-refractivity contribution is 0.0954. The number of furan rings is 1. The number of nitrogens with one attached hydrogen (secondary N) is 1. The van der Waals surface area contributed by atoms with Crippen molar-refractivity contribution in [3.8, 4) is 0 Å². The van der Waals surface area contributed by atoms with Crippen LogP contribution in [0.15, 0.2) is 71.5 Å². The first kappa shape index (κ1) is 17.0. The molecule has 4 rings (SSSR count). The smallest absolute Gasteiger partial charge is 0.251 e. The van der Waals surface area contributed by atoms with Gasteiger partial charge in [0.15, 0.2) is 0 Å². The highest BCUT2D eigenvalue weighted by Crippen LogP contribution is 2.17. The van der Waals surface area contributed by atoms with Gasteiger partial charge in [0.25, 0.3) is 5.91 Å². The molecule has 136 valence electrons. The van der Waals surface area contributed by atoms with Crippen molar-refractivity contribution in [3.05, 3.63) is 89.8 Å². The van der Waals surface area contributed by atoms with Gasteiger partial charge in [-0.1, -0.05) is 18.2 Å². The Morgan fingerprint density at radius 1 is 1.15 bits per heavy atom. The van der Waals surface area contributed by atoms with Crippen LogP contribution in [0.5, 0.6) is 0 Å². The number of amides is 1. The fourth-order valence-electron chi connectivity index (χ4n) is 2.96. The summed E-state index contributed by atoms with van der Waals surface area (Å²) in [6.07, 6.45) is 4.02. The minimum absolute atomic E-state index is 0.141. The molecular weight excluding hydrogens is 345 g/mol. The van der Waals surface area contributed by atoms with E-state index in [1.165, 1.54) is 12.1 Å². The molecule has 1 N–H and O–H groups in total. The van der Waals surface area contributed by atoms with Crippen LogP contribution < -0.4 is 5.32 Å². The molecule has 4 aromatic rings. The van der Waals surface area contributed by atoms with Crippen molar-refractivity contribution in [1.82, 2.24) is 15.1 Å². The standard InChI is InChI=1S/C21H18FN3O2/c22-18-7-3-15(4-8-18)14-25-20-12-16(5-6-17(20)13-24-25)21(26)23-10-9-19-2-1-11-27-19/h1-8,11-13H,9-10,14H2,(H,23,26). The number of hydrogen-bond acceptors (Lipinski definition) is 3. The number of hydrogen-bond donors (Lipinski definition) is 1. The zero-order valence-corrected chi connectivity index (χ0v) is 14.6. The summed E-state index contributed by atoms with van der Waals surface area (Å²) in [6.45, 7) is 1.01. The molecule has 1 amide bonds. The molecule has 5 nitrogen and oxygen atoms in total. The summed E-state index contributed by atoms with van der Waals surface area (Å²) in [5.74, 6) is 0.429. The van der Waals surface area contributed by atoms with Gasteiger partial charge in [0, 0.05) is 23.9 Å². The van der Waals surface area contributed by atoms with Crippen molar-refractivity contribution in [2.24, 2.45) is 0 Å². The molecule has 0 aliphatic carbocycles. The average Bonchev–Trinajstić information content (AvgIpc) is 3.33. The molecule has 2 aromatic heterocycles. The zero-order valence-electron chi connectivity index (χ0n) is 14.6. The molecule has 0 bridgehead atoms. The summed E-state index contributed by atoms with van der Waals surface area (Å²) in [5.41, 5.74) is 2.37. The Balaban J connectivity index is 1.48. The maximum atomic E-state index is 13.1. The average molecular weight is 363 g/mol. The molecule has 0 aliphatic heterocycles. The highest BCUT2D eigenvalue weighted by molar-refractivity contribution is 5.97. The largest absolute Gasteiger partial charge is 0.469 e. The molecule has 0 spiro atoms. The number of carbonyl (C=O) groups excluding carboxylic acids is 1. The van der Waals surface area contributed by atoms with Gasteiger partial charge < -0.3 is 9.73 Å². The Bertz CT molecular complexity index is 1050. The van der Waals surface area contributed by atoms with Crippen molar-refractivity contribution in [2.75, 3.05) is 6.54 Å². The van der Waals surface area contributed by atoms with E-state index in [1.807, 2.05) is 28.9 Å². The molecule has 0 fully saturated rings. The quantitative estimate of drug-likeness (QED) is 0.567. The molecule has 0 saturated heterocycles. The number of nitrogens with zero attached hydrogens (tertiary/aromatic N) is 2. The molecule has 0 saturated carbocycles. The number of rotatable bonds is 6. The Morgan fingerprint density at radius 2 is 2.00 bits per heavy atom. The van der Waals surface area contributed by atoms with E-state index in [2.05, 4.69) is 10.4 Å². The van der Waals surface area contributed by atoms with Crippen LogP contribution >= 0.6 is 0 Å². The molecule has 0 radical (unpaired) electrons. The number of fused-ring (bicyclic) bond motifs is 1. The minimum Gasteiger partial charge on any atom is -0.469 e. The monoisotopic (exact) mass is 363 g/mol. The van der Waals surface area contributed by atoms with Gasteiger partial charge in [-0.25, -0.2) is 4.39 Å². The van der Waals surface area contributed by atoms with Gasteiger partial charge >= 0.3 is 0 Å². The third-order valence-corrected chi connectivity index (χ3v) is 4.39. The van der Waals surface area contributed by atoms with Crippen LogP contribution in [0.3, 0.4) is 0 Å². The lowest BCUT2D eigenvalue weighted by atomic mass is 10.1. The molecule has 2 heterocycles. The molecule has 6 heteroatoms. The second kappa shape index (κ2) is 7.45. The van der Waals surface area contributed by atoms with Gasteiger partial charge in [-0.3, -0.25) is 9.48 Å². The number of halogens is 1. The van der Waals surface area contributed by atoms with E-state index >= 15 is 0 Å². The lowest BCUT2D eigenvalue weighted by Crippen LogP contribution is -2.25. The van der Waals surface area contributed by atoms with Crippen LogP contribution in [0.1, 0.15) is 21.7 Å². The maximum Gasteiger partial charge on any atom is 0.251 e. The van der Waals surface area contributed by atoms with Crippen LogP contribution in [0.4, 0.5) is 4.39 Å². The Labute approximate surface area is 155 Å². The van der Waals surface area contributed by atoms with Crippen molar-refractivity contribution < 1.29 is 13.6 Å². The molecule has 0 aliphatic rings. The van der Waals surface area contributed by atoms with Gasteiger partial charge in [-0.05, 0) is 42.0 Å². The van der Waals surface area contributed by atoms with Crippen LogP contribution in [0.2, 0.25) is 0 Å². The van der Waals surface area contributed by atoms with E-state index < -0.39 is 0 Å². The summed E-state index contributed by atoms with van der Waals surface area (Å²) < 4.78 is 20.1. The second-order valence-corrected chi connectivity index (χ2v) is 6.29. The van der Waals surface area contributed by atoms with Gasteiger partial charge in [-0.2, -0.15) is 5.10 Å². The summed E-state index contributed by atoms with van der Waals surface area (Å²) >= 11 is 0. The predicted octanol–water partition coefficient (Wildman–Crippen LogP) is 3.79. The van der Waals surface area contributed by atoms with Crippen LogP contribution in [-0.4, -0.2) is 22.2 Å². The minimum atomic E-state index is -0.266. The van der Waals surface area contributed by atoms with Crippen LogP contribution in [0, 0.1) is 5.82 Å². The van der Waals surface area contributed by atoms with Gasteiger partial charge in [-0.15, -0.1) is 0 Å². The van der Waals surface area contributed by atoms with E-state index in [0.717, 1.165) is 22.2 Å². The molecule has 27 heavy (non-hydrogen) atoms. The molecule has 2 aromatic carbocycles. The van der Waals surface area contributed by atoms with E-state index in [1.54, 1.807) is 30.7 Å². The highest BCUT2D eigenvalue weighted by Gasteiger charge is 2.10. The molecular formula is C21H18FN3O2.